The van der Waals surface area contributed by atoms with Crippen molar-refractivity contribution in [3.05, 3.63) is 36.9 Å². The average Bonchev–Trinajstić information content (AvgIpc) is 2.86. The normalized spacial score (nSPS) is 30.2. The number of benzene rings is 1. The van der Waals surface area contributed by atoms with Crippen LogP contribution >= 0.6 is 0 Å². The molecule has 0 spiro atoms. The van der Waals surface area contributed by atoms with Gasteiger partial charge < -0.3 is 10.6 Å². The van der Waals surface area contributed by atoms with Gasteiger partial charge in [0, 0.05) is 31.7 Å². The van der Waals surface area contributed by atoms with Crippen LogP contribution in [0.1, 0.15) is 64.2 Å². The van der Waals surface area contributed by atoms with Gasteiger partial charge in [-0.3, -0.25) is 9.59 Å². The Morgan fingerprint density at radius 3 is 2.14 bits per heavy atom. The summed E-state index contributed by atoms with van der Waals surface area (Å²) in [4.78, 5) is 24.3. The molecule has 4 bridgehead atoms. The van der Waals surface area contributed by atoms with Crippen molar-refractivity contribution in [3.8, 4) is 0 Å². The maximum Gasteiger partial charge on any atom is 0.243 e. The minimum absolute atomic E-state index is 0.0203. The molecule has 2 N–H and O–H groups in total. The Bertz CT molecular complexity index is 1060. The topological polar surface area (TPSA) is 95.6 Å². The highest BCUT2D eigenvalue weighted by Crippen LogP contribution is 2.61. The summed E-state index contributed by atoms with van der Waals surface area (Å²) in [5.41, 5.74) is 1.02. The van der Waals surface area contributed by atoms with Gasteiger partial charge in [0.25, 0.3) is 0 Å². The summed E-state index contributed by atoms with van der Waals surface area (Å²) in [5.74, 6) is 2.74. The van der Waals surface area contributed by atoms with E-state index in [-0.39, 0.29) is 22.6 Å². The van der Waals surface area contributed by atoms with E-state index in [1.165, 1.54) is 48.9 Å². The molecule has 8 heteroatoms. The lowest BCUT2D eigenvalue weighted by Gasteiger charge is -2.57. The van der Waals surface area contributed by atoms with E-state index in [9.17, 15) is 18.0 Å². The van der Waals surface area contributed by atoms with E-state index in [1.807, 2.05) is 0 Å². The summed E-state index contributed by atoms with van der Waals surface area (Å²) in [6, 6.07) is 6.54. The first-order chi connectivity index (χ1) is 17.2. The molecule has 5 fully saturated rings. The quantitative estimate of drug-likeness (QED) is 0.481. The van der Waals surface area contributed by atoms with Gasteiger partial charge in [-0.05, 0) is 117 Å². The second kappa shape index (κ2) is 10.3. The molecule has 196 valence electrons. The van der Waals surface area contributed by atoms with Crippen molar-refractivity contribution in [2.75, 3.05) is 25.0 Å². The van der Waals surface area contributed by atoms with Gasteiger partial charge in [0.2, 0.25) is 21.8 Å². The fourth-order valence-electron chi connectivity index (χ4n) is 7.73. The molecule has 0 atom stereocenters. The molecule has 4 saturated carbocycles. The molecule has 1 aromatic carbocycles. The third-order valence-corrected chi connectivity index (χ3v) is 11.1. The van der Waals surface area contributed by atoms with Gasteiger partial charge >= 0.3 is 0 Å². The Morgan fingerprint density at radius 1 is 1.00 bits per heavy atom. The number of nitrogens with zero attached hydrogens (tertiary/aromatic N) is 1. The number of anilines is 1. The molecule has 0 aromatic heterocycles. The Labute approximate surface area is 215 Å². The van der Waals surface area contributed by atoms with Gasteiger partial charge in [-0.25, -0.2) is 8.42 Å². The van der Waals surface area contributed by atoms with Crippen LogP contribution in [0.2, 0.25) is 0 Å². The molecule has 1 aliphatic heterocycles. The largest absolute Gasteiger partial charge is 0.352 e. The summed E-state index contributed by atoms with van der Waals surface area (Å²) < 4.78 is 27.7. The lowest BCUT2D eigenvalue weighted by molar-refractivity contribution is -0.118. The lowest BCUT2D eigenvalue weighted by Crippen LogP contribution is -2.46. The Hall–Kier alpha value is -2.19. The number of carbonyl (C=O) groups is 2. The second-order valence-corrected chi connectivity index (χ2v) is 13.7. The van der Waals surface area contributed by atoms with Crippen molar-refractivity contribution < 1.29 is 18.0 Å². The van der Waals surface area contributed by atoms with E-state index in [0.717, 1.165) is 24.2 Å². The van der Waals surface area contributed by atoms with Gasteiger partial charge in [0.05, 0.1) is 4.90 Å². The van der Waals surface area contributed by atoms with Gasteiger partial charge in [0.1, 0.15) is 0 Å². The third-order valence-electron chi connectivity index (χ3n) is 9.15. The molecule has 1 saturated heterocycles. The lowest BCUT2D eigenvalue weighted by atomic mass is 9.48. The molecule has 5 aliphatic rings. The van der Waals surface area contributed by atoms with Crippen LogP contribution in [0.4, 0.5) is 5.69 Å². The standard InChI is InChI=1S/C28H39N3O4S/c1-2-26(32)29-19-20-8-11-31(12-9-20)36(34,35)25-5-3-24(4-6-25)30-27(33)7-10-28-16-21-13-22(17-28)15-23(14-21)18-28/h2-6,20-23H,1,7-19H2,(H,29,32)(H,30,33). The maximum absolute atomic E-state index is 13.1. The molecular formula is C28H39N3O4S. The summed E-state index contributed by atoms with van der Waals surface area (Å²) in [7, 11) is -3.59. The van der Waals surface area contributed by atoms with E-state index in [0.29, 0.717) is 50.0 Å². The summed E-state index contributed by atoms with van der Waals surface area (Å²) in [6.45, 7) is 4.84. The second-order valence-electron chi connectivity index (χ2n) is 11.8. The minimum atomic E-state index is -3.59. The van der Waals surface area contributed by atoms with Crippen molar-refractivity contribution in [2.24, 2.45) is 29.1 Å². The number of hydrogen-bond donors (Lipinski definition) is 2. The molecule has 0 radical (unpaired) electrons. The van der Waals surface area contributed by atoms with Gasteiger partial charge in [-0.1, -0.05) is 6.58 Å². The predicted octanol–water partition coefficient (Wildman–Crippen LogP) is 4.32. The zero-order valence-electron chi connectivity index (χ0n) is 21.1. The molecule has 1 aromatic rings. The number of amides is 2. The van der Waals surface area contributed by atoms with Crippen LogP contribution in [0.3, 0.4) is 0 Å². The molecule has 4 aliphatic carbocycles. The van der Waals surface area contributed by atoms with Crippen LogP contribution in [-0.2, 0) is 19.6 Å². The van der Waals surface area contributed by atoms with E-state index in [2.05, 4.69) is 17.2 Å². The summed E-state index contributed by atoms with van der Waals surface area (Å²) >= 11 is 0. The van der Waals surface area contributed by atoms with Crippen molar-refractivity contribution in [1.82, 2.24) is 9.62 Å². The van der Waals surface area contributed by atoms with Crippen LogP contribution in [-0.4, -0.2) is 44.2 Å². The van der Waals surface area contributed by atoms with Gasteiger partial charge in [-0.15, -0.1) is 0 Å². The van der Waals surface area contributed by atoms with Crippen molar-refractivity contribution in [2.45, 2.75) is 69.1 Å². The average molecular weight is 514 g/mol. The van der Waals surface area contributed by atoms with Crippen LogP contribution in [0.15, 0.2) is 41.8 Å². The van der Waals surface area contributed by atoms with Crippen LogP contribution in [0.25, 0.3) is 0 Å². The smallest absolute Gasteiger partial charge is 0.243 e. The zero-order valence-corrected chi connectivity index (χ0v) is 21.9. The number of nitrogens with one attached hydrogen (secondary N) is 2. The van der Waals surface area contributed by atoms with Crippen molar-refractivity contribution in [1.29, 1.82) is 0 Å². The monoisotopic (exact) mass is 513 g/mol. The number of carbonyl (C=O) groups excluding carboxylic acids is 2. The number of rotatable bonds is 9. The van der Waals surface area contributed by atoms with Crippen molar-refractivity contribution >= 4 is 27.5 Å². The Balaban J connectivity index is 1.10. The molecule has 6 rings (SSSR count). The van der Waals surface area contributed by atoms with Crippen molar-refractivity contribution in [3.63, 3.8) is 0 Å². The maximum atomic E-state index is 13.1. The highest BCUT2D eigenvalue weighted by Gasteiger charge is 2.50. The third kappa shape index (κ3) is 5.54. The molecule has 7 nitrogen and oxygen atoms in total. The number of hydrogen-bond acceptors (Lipinski definition) is 4. The van der Waals surface area contributed by atoms with Gasteiger partial charge in [0.15, 0.2) is 0 Å². The van der Waals surface area contributed by atoms with Crippen LogP contribution in [0, 0.1) is 29.1 Å². The first-order valence-electron chi connectivity index (χ1n) is 13.5. The Kier molecular flexibility index (Phi) is 7.27. The van der Waals surface area contributed by atoms with E-state index in [1.54, 1.807) is 24.3 Å². The Morgan fingerprint density at radius 2 is 1.58 bits per heavy atom. The molecule has 2 amide bonds. The summed E-state index contributed by atoms with van der Waals surface area (Å²) in [6.07, 6.45) is 12.3. The number of sulfonamides is 1. The predicted molar refractivity (Wildman–Crippen MR) is 140 cm³/mol. The first kappa shape index (κ1) is 25.5. The van der Waals surface area contributed by atoms with Crippen LogP contribution in [0.5, 0.6) is 0 Å². The molecule has 0 unspecified atom stereocenters. The highest BCUT2D eigenvalue weighted by atomic mass is 32.2. The fourth-order valence-corrected chi connectivity index (χ4v) is 9.20. The SMILES string of the molecule is C=CC(=O)NCC1CCN(S(=O)(=O)c2ccc(NC(=O)CCC34CC5CC(CC(C5)C3)C4)cc2)CC1. The number of piperidine rings is 1. The zero-order chi connectivity index (χ0) is 25.3. The molecular weight excluding hydrogens is 474 g/mol. The molecule has 36 heavy (non-hydrogen) atoms. The first-order valence-corrected chi connectivity index (χ1v) is 15.0. The minimum Gasteiger partial charge on any atom is -0.352 e. The summed E-state index contributed by atoms with van der Waals surface area (Å²) in [5, 5.41) is 5.77. The fraction of sp³-hybridized carbons (Fsp3) is 0.643. The molecule has 1 heterocycles. The highest BCUT2D eigenvalue weighted by molar-refractivity contribution is 7.89. The van der Waals surface area contributed by atoms with E-state index in [4.69, 9.17) is 0 Å². The van der Waals surface area contributed by atoms with Crippen LogP contribution < -0.4 is 10.6 Å². The van der Waals surface area contributed by atoms with E-state index >= 15 is 0 Å². The van der Waals surface area contributed by atoms with Gasteiger partial charge in [-0.2, -0.15) is 4.31 Å². The van der Waals surface area contributed by atoms with E-state index < -0.39 is 10.0 Å².